The van der Waals surface area contributed by atoms with Crippen molar-refractivity contribution in [3.63, 3.8) is 0 Å². The average Bonchev–Trinajstić information content (AvgIpc) is 2.61. The molecule has 3 atom stereocenters. The van der Waals surface area contributed by atoms with Crippen molar-refractivity contribution in [3.05, 3.63) is 40.9 Å². The molecule has 1 aliphatic carbocycles. The highest BCUT2D eigenvalue weighted by molar-refractivity contribution is 6.30. The third-order valence-corrected chi connectivity index (χ3v) is 4.44. The summed E-state index contributed by atoms with van der Waals surface area (Å²) in [5.41, 5.74) is 5.35. The number of hydrogen-bond acceptors (Lipinski definition) is 4. The minimum absolute atomic E-state index is 0.288. The van der Waals surface area contributed by atoms with Gasteiger partial charge in [0.05, 0.1) is 11.8 Å². The number of rotatable bonds is 5. The fourth-order valence-electron chi connectivity index (χ4n) is 2.68. The zero-order valence-electron chi connectivity index (χ0n) is 14.5. The number of benzene rings is 1. The fraction of sp³-hybridized carbons (Fsp3) is 0.389. The van der Waals surface area contributed by atoms with Gasteiger partial charge < -0.3 is 9.84 Å². The first-order valence-corrected chi connectivity index (χ1v) is 8.57. The number of aryl methyl sites for hydroxylation is 1. The Morgan fingerprint density at radius 3 is 2.46 bits per heavy atom. The molecule has 1 aromatic carbocycles. The molecule has 0 aliphatic heterocycles. The highest BCUT2D eigenvalue weighted by atomic mass is 35.5. The zero-order chi connectivity index (χ0) is 19.3. The standard InChI is InChI=1S/C18H21ClN2O5/c1-10-9-12(19)7-8-15(10)26-11(2)16(22)20-21-17(23)13-5-3-4-6-14(13)18(24)25/h3-4,7-9,11,13-14H,5-6H2,1-2H3,(H,20,22)(H,21,23)(H,24,25)/t11-,13+,14+/m1/s1. The van der Waals surface area contributed by atoms with E-state index in [1.165, 1.54) is 0 Å². The number of carboxylic acids is 1. The lowest BCUT2D eigenvalue weighted by Crippen LogP contribution is -2.50. The summed E-state index contributed by atoms with van der Waals surface area (Å²) in [7, 11) is 0. The maximum Gasteiger partial charge on any atom is 0.307 e. The van der Waals surface area contributed by atoms with E-state index in [0.29, 0.717) is 17.2 Å². The number of carboxylic acid groups (broad SMARTS) is 1. The van der Waals surface area contributed by atoms with Crippen molar-refractivity contribution >= 4 is 29.4 Å². The van der Waals surface area contributed by atoms with Gasteiger partial charge in [-0.1, -0.05) is 23.8 Å². The third kappa shape index (κ3) is 4.98. The molecular weight excluding hydrogens is 360 g/mol. The second-order valence-corrected chi connectivity index (χ2v) is 6.58. The fourth-order valence-corrected chi connectivity index (χ4v) is 2.91. The highest BCUT2D eigenvalue weighted by Crippen LogP contribution is 2.26. The van der Waals surface area contributed by atoms with Gasteiger partial charge in [-0.15, -0.1) is 0 Å². The first-order valence-electron chi connectivity index (χ1n) is 8.20. The maximum atomic E-state index is 12.2. The average molecular weight is 381 g/mol. The minimum atomic E-state index is -1.03. The molecule has 0 saturated heterocycles. The van der Waals surface area contributed by atoms with Gasteiger partial charge in [-0.2, -0.15) is 0 Å². The molecule has 140 valence electrons. The lowest BCUT2D eigenvalue weighted by Gasteiger charge is -2.24. The van der Waals surface area contributed by atoms with E-state index in [0.717, 1.165) is 5.56 Å². The summed E-state index contributed by atoms with van der Waals surface area (Å²) >= 11 is 5.88. The predicted octanol–water partition coefficient (Wildman–Crippen LogP) is 2.23. The zero-order valence-corrected chi connectivity index (χ0v) is 15.2. The van der Waals surface area contributed by atoms with E-state index in [1.807, 2.05) is 0 Å². The van der Waals surface area contributed by atoms with Crippen molar-refractivity contribution in [1.82, 2.24) is 10.9 Å². The summed E-state index contributed by atoms with van der Waals surface area (Å²) < 4.78 is 5.57. The van der Waals surface area contributed by atoms with Gasteiger partial charge >= 0.3 is 5.97 Å². The van der Waals surface area contributed by atoms with E-state index in [1.54, 1.807) is 44.2 Å². The Morgan fingerprint density at radius 2 is 1.85 bits per heavy atom. The van der Waals surface area contributed by atoms with Crippen LogP contribution in [0.2, 0.25) is 5.02 Å². The Hall–Kier alpha value is -2.54. The lowest BCUT2D eigenvalue weighted by atomic mass is 9.82. The third-order valence-electron chi connectivity index (χ3n) is 4.21. The first kappa shape index (κ1) is 19.8. The molecule has 1 aromatic rings. The molecule has 0 spiro atoms. The Balaban J connectivity index is 1.89. The van der Waals surface area contributed by atoms with Crippen molar-refractivity contribution in [2.75, 3.05) is 0 Å². The van der Waals surface area contributed by atoms with E-state index < -0.39 is 35.7 Å². The van der Waals surface area contributed by atoms with Crippen LogP contribution in [-0.2, 0) is 14.4 Å². The number of amides is 2. The monoisotopic (exact) mass is 380 g/mol. The second kappa shape index (κ2) is 8.71. The number of carbonyl (C=O) groups is 3. The van der Waals surface area contributed by atoms with E-state index in [9.17, 15) is 19.5 Å². The largest absolute Gasteiger partial charge is 0.481 e. The summed E-state index contributed by atoms with van der Waals surface area (Å²) in [6.07, 6.45) is 3.24. The molecule has 8 heteroatoms. The molecule has 3 N–H and O–H groups in total. The molecule has 7 nitrogen and oxygen atoms in total. The van der Waals surface area contributed by atoms with Crippen molar-refractivity contribution in [1.29, 1.82) is 0 Å². The van der Waals surface area contributed by atoms with Crippen LogP contribution in [0.4, 0.5) is 0 Å². The highest BCUT2D eigenvalue weighted by Gasteiger charge is 2.34. The van der Waals surface area contributed by atoms with Gasteiger partial charge in [0.15, 0.2) is 6.10 Å². The molecule has 0 saturated carbocycles. The van der Waals surface area contributed by atoms with Crippen LogP contribution in [0.25, 0.3) is 0 Å². The van der Waals surface area contributed by atoms with Gasteiger partial charge in [0.2, 0.25) is 5.91 Å². The molecule has 2 amide bonds. The van der Waals surface area contributed by atoms with Gasteiger partial charge in [0.1, 0.15) is 5.75 Å². The number of ether oxygens (including phenoxy) is 1. The normalized spacial score (nSPS) is 20.1. The van der Waals surface area contributed by atoms with Crippen LogP contribution in [0.15, 0.2) is 30.4 Å². The Bertz CT molecular complexity index is 734. The van der Waals surface area contributed by atoms with Crippen LogP contribution in [0.3, 0.4) is 0 Å². The van der Waals surface area contributed by atoms with Crippen LogP contribution in [0.5, 0.6) is 5.75 Å². The quantitative estimate of drug-likeness (QED) is 0.536. The molecular formula is C18H21ClN2O5. The van der Waals surface area contributed by atoms with Crippen LogP contribution < -0.4 is 15.6 Å². The Kier molecular flexibility index (Phi) is 6.63. The van der Waals surface area contributed by atoms with Gasteiger partial charge in [0, 0.05) is 5.02 Å². The SMILES string of the molecule is Cc1cc(Cl)ccc1O[C@H](C)C(=O)NNC(=O)[C@H]1CC=CC[C@@H]1C(=O)O. The molecule has 1 aliphatic rings. The molecule has 0 aromatic heterocycles. The van der Waals surface area contributed by atoms with Crippen LogP contribution in [0, 0.1) is 18.8 Å². The summed E-state index contributed by atoms with van der Waals surface area (Å²) in [6, 6.07) is 5.02. The molecule has 0 heterocycles. The van der Waals surface area contributed by atoms with Gasteiger partial charge in [0.25, 0.3) is 5.91 Å². The van der Waals surface area contributed by atoms with Crippen molar-refractivity contribution in [3.8, 4) is 5.75 Å². The Labute approximate surface area is 156 Å². The molecule has 2 rings (SSSR count). The van der Waals surface area contributed by atoms with Gasteiger partial charge in [-0.05, 0) is 50.5 Å². The number of nitrogens with one attached hydrogen (secondary N) is 2. The number of aliphatic carboxylic acids is 1. The van der Waals surface area contributed by atoms with E-state index in [4.69, 9.17) is 16.3 Å². The number of hydrazine groups is 1. The summed E-state index contributed by atoms with van der Waals surface area (Å²) in [5.74, 6) is -3.15. The van der Waals surface area contributed by atoms with E-state index in [2.05, 4.69) is 10.9 Å². The summed E-state index contributed by atoms with van der Waals surface area (Å²) in [4.78, 5) is 35.6. The molecule has 26 heavy (non-hydrogen) atoms. The predicted molar refractivity (Wildman–Crippen MR) is 95.6 cm³/mol. The first-order chi connectivity index (χ1) is 12.3. The molecule has 0 fully saturated rings. The van der Waals surface area contributed by atoms with Crippen molar-refractivity contribution in [2.45, 2.75) is 32.8 Å². The van der Waals surface area contributed by atoms with E-state index in [-0.39, 0.29) is 6.42 Å². The summed E-state index contributed by atoms with van der Waals surface area (Å²) in [5, 5.41) is 9.77. The summed E-state index contributed by atoms with van der Waals surface area (Å²) in [6.45, 7) is 3.34. The maximum absolute atomic E-state index is 12.2. The minimum Gasteiger partial charge on any atom is -0.481 e. The Morgan fingerprint density at radius 1 is 1.19 bits per heavy atom. The number of carbonyl (C=O) groups excluding carboxylic acids is 2. The van der Waals surface area contributed by atoms with Gasteiger partial charge in [-0.25, -0.2) is 0 Å². The van der Waals surface area contributed by atoms with Gasteiger partial charge in [-0.3, -0.25) is 25.2 Å². The van der Waals surface area contributed by atoms with Crippen LogP contribution >= 0.6 is 11.6 Å². The second-order valence-electron chi connectivity index (χ2n) is 6.14. The number of allylic oxidation sites excluding steroid dienone is 2. The number of hydrogen-bond donors (Lipinski definition) is 3. The van der Waals surface area contributed by atoms with E-state index >= 15 is 0 Å². The smallest absolute Gasteiger partial charge is 0.307 e. The van der Waals surface area contributed by atoms with Crippen LogP contribution in [0.1, 0.15) is 25.3 Å². The number of halogens is 1. The molecule has 0 radical (unpaired) electrons. The van der Waals surface area contributed by atoms with Crippen LogP contribution in [-0.4, -0.2) is 29.0 Å². The molecule has 0 unspecified atom stereocenters. The van der Waals surface area contributed by atoms with Crippen molar-refractivity contribution in [2.24, 2.45) is 11.8 Å². The molecule has 0 bridgehead atoms. The van der Waals surface area contributed by atoms with Crippen molar-refractivity contribution < 1.29 is 24.2 Å². The topological polar surface area (TPSA) is 105 Å². The lowest BCUT2D eigenvalue weighted by molar-refractivity contribution is -0.147.